The van der Waals surface area contributed by atoms with Gasteiger partial charge < -0.3 is 14.6 Å². The molecule has 0 fully saturated rings. The number of benzene rings is 2. The summed E-state index contributed by atoms with van der Waals surface area (Å²) in [5.74, 6) is -0.799. The van der Waals surface area contributed by atoms with E-state index in [4.69, 9.17) is 14.6 Å². The molecular formula is C17H14BrFO4. The maximum Gasteiger partial charge on any atom is 0.328 e. The van der Waals surface area contributed by atoms with E-state index in [2.05, 4.69) is 15.9 Å². The maximum absolute atomic E-state index is 13.8. The number of halogens is 2. The Hall–Kier alpha value is -2.34. The summed E-state index contributed by atoms with van der Waals surface area (Å²) in [4.78, 5) is 10.6. The van der Waals surface area contributed by atoms with Gasteiger partial charge in [-0.05, 0) is 42.0 Å². The second-order valence-electron chi connectivity index (χ2n) is 4.61. The van der Waals surface area contributed by atoms with Gasteiger partial charge in [0.05, 0.1) is 7.11 Å². The molecule has 0 aliphatic carbocycles. The minimum absolute atomic E-state index is 0.0937. The van der Waals surface area contributed by atoms with E-state index in [-0.39, 0.29) is 12.4 Å². The van der Waals surface area contributed by atoms with Crippen LogP contribution in [0.3, 0.4) is 0 Å². The summed E-state index contributed by atoms with van der Waals surface area (Å²) in [6, 6.07) is 9.69. The fourth-order valence-corrected chi connectivity index (χ4v) is 2.26. The van der Waals surface area contributed by atoms with Crippen LogP contribution in [-0.2, 0) is 11.4 Å². The predicted molar refractivity (Wildman–Crippen MR) is 88.1 cm³/mol. The van der Waals surface area contributed by atoms with Crippen molar-refractivity contribution in [3.63, 3.8) is 0 Å². The first kappa shape index (κ1) is 17.0. The van der Waals surface area contributed by atoms with Gasteiger partial charge in [-0.2, -0.15) is 0 Å². The van der Waals surface area contributed by atoms with E-state index in [1.165, 1.54) is 25.3 Å². The van der Waals surface area contributed by atoms with Crippen molar-refractivity contribution in [2.75, 3.05) is 7.11 Å². The molecule has 2 aromatic carbocycles. The lowest BCUT2D eigenvalue weighted by Gasteiger charge is -2.12. The molecule has 0 aromatic heterocycles. The fourth-order valence-electron chi connectivity index (χ4n) is 1.93. The Balaban J connectivity index is 2.20. The molecule has 0 atom stereocenters. The van der Waals surface area contributed by atoms with Crippen LogP contribution in [0.4, 0.5) is 4.39 Å². The number of rotatable bonds is 6. The summed E-state index contributed by atoms with van der Waals surface area (Å²) >= 11 is 3.18. The van der Waals surface area contributed by atoms with Crippen molar-refractivity contribution in [3.8, 4) is 11.5 Å². The van der Waals surface area contributed by atoms with Gasteiger partial charge in [0, 0.05) is 16.1 Å². The molecule has 23 heavy (non-hydrogen) atoms. The standard InChI is InChI=1S/C17H14BrFO4/c1-22-15-5-2-11(3-7-17(20)21)8-12(15)10-23-16-6-4-13(18)9-14(16)19/h2-9H,10H2,1H3,(H,20,21)/b7-3+. The van der Waals surface area contributed by atoms with Gasteiger partial charge in [-0.3, -0.25) is 0 Å². The van der Waals surface area contributed by atoms with Gasteiger partial charge in [0.1, 0.15) is 12.4 Å². The van der Waals surface area contributed by atoms with Crippen molar-refractivity contribution in [3.05, 3.63) is 63.9 Å². The number of carboxylic acid groups (broad SMARTS) is 1. The van der Waals surface area contributed by atoms with Crippen molar-refractivity contribution >= 4 is 28.0 Å². The molecule has 2 aromatic rings. The van der Waals surface area contributed by atoms with Crippen molar-refractivity contribution in [2.45, 2.75) is 6.61 Å². The highest BCUT2D eigenvalue weighted by atomic mass is 79.9. The molecule has 0 heterocycles. The first-order valence-electron chi connectivity index (χ1n) is 6.65. The summed E-state index contributed by atoms with van der Waals surface area (Å²) in [6.07, 6.45) is 2.51. The third-order valence-electron chi connectivity index (χ3n) is 3.00. The van der Waals surface area contributed by atoms with E-state index in [1.54, 1.807) is 24.3 Å². The predicted octanol–water partition coefficient (Wildman–Crippen LogP) is 4.27. The minimum atomic E-state index is -1.03. The summed E-state index contributed by atoms with van der Waals surface area (Å²) in [5.41, 5.74) is 1.37. The monoisotopic (exact) mass is 380 g/mol. The fraction of sp³-hybridized carbons (Fsp3) is 0.118. The Labute approximate surface area is 141 Å². The van der Waals surface area contributed by atoms with E-state index in [0.29, 0.717) is 21.3 Å². The molecule has 0 amide bonds. The van der Waals surface area contributed by atoms with Crippen LogP contribution in [0.1, 0.15) is 11.1 Å². The average Bonchev–Trinajstić information content (AvgIpc) is 2.52. The molecule has 0 aliphatic heterocycles. The quantitative estimate of drug-likeness (QED) is 0.760. The zero-order valence-corrected chi connectivity index (χ0v) is 13.8. The number of ether oxygens (including phenoxy) is 2. The third-order valence-corrected chi connectivity index (χ3v) is 3.49. The van der Waals surface area contributed by atoms with Crippen molar-refractivity contribution in [1.82, 2.24) is 0 Å². The smallest absolute Gasteiger partial charge is 0.328 e. The molecule has 0 spiro atoms. The van der Waals surface area contributed by atoms with Gasteiger partial charge in [0.15, 0.2) is 11.6 Å². The van der Waals surface area contributed by atoms with E-state index in [1.807, 2.05) is 0 Å². The zero-order chi connectivity index (χ0) is 16.8. The highest BCUT2D eigenvalue weighted by Crippen LogP contribution is 2.25. The van der Waals surface area contributed by atoms with Crippen LogP contribution < -0.4 is 9.47 Å². The van der Waals surface area contributed by atoms with Crippen LogP contribution in [0, 0.1) is 5.82 Å². The lowest BCUT2D eigenvalue weighted by molar-refractivity contribution is -0.131. The molecule has 0 unspecified atom stereocenters. The second kappa shape index (κ2) is 7.78. The van der Waals surface area contributed by atoms with Crippen LogP contribution >= 0.6 is 15.9 Å². The van der Waals surface area contributed by atoms with E-state index in [9.17, 15) is 9.18 Å². The Morgan fingerprint density at radius 3 is 2.65 bits per heavy atom. The Kier molecular flexibility index (Phi) is 5.76. The highest BCUT2D eigenvalue weighted by molar-refractivity contribution is 9.10. The van der Waals surface area contributed by atoms with Crippen LogP contribution in [0.2, 0.25) is 0 Å². The summed E-state index contributed by atoms with van der Waals surface area (Å²) < 4.78 is 25.1. The number of hydrogen-bond donors (Lipinski definition) is 1. The molecule has 1 N–H and O–H groups in total. The Morgan fingerprint density at radius 1 is 1.26 bits per heavy atom. The Morgan fingerprint density at radius 2 is 2.00 bits per heavy atom. The molecule has 0 saturated carbocycles. The van der Waals surface area contributed by atoms with Gasteiger partial charge in [0.25, 0.3) is 0 Å². The molecule has 6 heteroatoms. The topological polar surface area (TPSA) is 55.8 Å². The molecular weight excluding hydrogens is 367 g/mol. The molecule has 0 radical (unpaired) electrons. The van der Waals surface area contributed by atoms with Crippen LogP contribution in [-0.4, -0.2) is 18.2 Å². The normalized spacial score (nSPS) is 10.7. The van der Waals surface area contributed by atoms with Gasteiger partial charge in [-0.15, -0.1) is 0 Å². The van der Waals surface area contributed by atoms with E-state index < -0.39 is 11.8 Å². The summed E-state index contributed by atoms with van der Waals surface area (Å²) in [5, 5.41) is 8.67. The van der Waals surface area contributed by atoms with Crippen molar-refractivity contribution < 1.29 is 23.8 Å². The molecule has 4 nitrogen and oxygen atoms in total. The molecule has 0 aliphatic rings. The van der Waals surface area contributed by atoms with Crippen molar-refractivity contribution in [1.29, 1.82) is 0 Å². The lowest BCUT2D eigenvalue weighted by Crippen LogP contribution is -2.00. The lowest BCUT2D eigenvalue weighted by atomic mass is 10.1. The molecule has 2 rings (SSSR count). The molecule has 120 valence electrons. The van der Waals surface area contributed by atoms with Gasteiger partial charge >= 0.3 is 5.97 Å². The average molecular weight is 381 g/mol. The first-order valence-corrected chi connectivity index (χ1v) is 7.44. The molecule has 0 bridgehead atoms. The number of carboxylic acids is 1. The van der Waals surface area contributed by atoms with Crippen LogP contribution in [0.25, 0.3) is 6.08 Å². The summed E-state index contributed by atoms with van der Waals surface area (Å²) in [7, 11) is 1.52. The van der Waals surface area contributed by atoms with Gasteiger partial charge in [0.2, 0.25) is 0 Å². The number of carbonyl (C=O) groups is 1. The van der Waals surface area contributed by atoms with Crippen LogP contribution in [0.15, 0.2) is 46.9 Å². The SMILES string of the molecule is COc1ccc(/C=C/C(=O)O)cc1COc1ccc(Br)cc1F. The van der Waals surface area contributed by atoms with Crippen LogP contribution in [0.5, 0.6) is 11.5 Å². The summed E-state index contributed by atoms with van der Waals surface area (Å²) in [6.45, 7) is 0.0937. The van der Waals surface area contributed by atoms with E-state index >= 15 is 0 Å². The first-order chi connectivity index (χ1) is 11.0. The van der Waals surface area contributed by atoms with Gasteiger partial charge in [-0.25, -0.2) is 9.18 Å². The Bertz CT molecular complexity index is 743. The van der Waals surface area contributed by atoms with Gasteiger partial charge in [-0.1, -0.05) is 22.0 Å². The number of aliphatic carboxylic acids is 1. The zero-order valence-electron chi connectivity index (χ0n) is 12.3. The van der Waals surface area contributed by atoms with Crippen molar-refractivity contribution in [2.24, 2.45) is 0 Å². The maximum atomic E-state index is 13.8. The number of methoxy groups -OCH3 is 1. The molecule has 0 saturated heterocycles. The highest BCUT2D eigenvalue weighted by Gasteiger charge is 2.08. The minimum Gasteiger partial charge on any atom is -0.496 e. The second-order valence-corrected chi connectivity index (χ2v) is 5.52. The largest absolute Gasteiger partial charge is 0.496 e. The van der Waals surface area contributed by atoms with E-state index in [0.717, 1.165) is 6.08 Å². The third kappa shape index (κ3) is 4.82. The number of hydrogen-bond acceptors (Lipinski definition) is 3.